The van der Waals surface area contributed by atoms with E-state index >= 15 is 0 Å². The number of hydrogen-bond acceptors (Lipinski definition) is 3. The van der Waals surface area contributed by atoms with Gasteiger partial charge in [0.25, 0.3) is 0 Å². The van der Waals surface area contributed by atoms with Gasteiger partial charge >= 0.3 is 0 Å². The molecule has 0 aromatic rings. The molecule has 3 N–H and O–H groups in total. The van der Waals surface area contributed by atoms with Crippen LogP contribution < -0.4 is 11.1 Å². The Morgan fingerprint density at radius 3 is 2.50 bits per heavy atom. The second-order valence-electron chi connectivity index (χ2n) is 6.09. The van der Waals surface area contributed by atoms with Crippen LogP contribution in [0.15, 0.2) is 4.99 Å². The lowest BCUT2D eigenvalue weighted by Crippen LogP contribution is -2.42. The van der Waals surface area contributed by atoms with Gasteiger partial charge in [-0.3, -0.25) is 9.89 Å². The zero-order valence-electron chi connectivity index (χ0n) is 14.8. The van der Waals surface area contributed by atoms with Crippen molar-refractivity contribution in [3.63, 3.8) is 0 Å². The van der Waals surface area contributed by atoms with Crippen LogP contribution in [0.1, 0.15) is 52.9 Å². The van der Waals surface area contributed by atoms with E-state index in [1.807, 2.05) is 6.92 Å². The van der Waals surface area contributed by atoms with Gasteiger partial charge in [0, 0.05) is 25.8 Å². The Kier molecular flexibility index (Phi) is 10.2. The van der Waals surface area contributed by atoms with E-state index in [-0.39, 0.29) is 0 Å². The van der Waals surface area contributed by atoms with Crippen molar-refractivity contribution in [1.29, 1.82) is 0 Å². The Morgan fingerprint density at radius 2 is 1.91 bits per heavy atom. The number of nitrogens with one attached hydrogen (secondary N) is 1. The predicted octanol–water partition coefficient (Wildman–Crippen LogP) is 2.22. The summed E-state index contributed by atoms with van der Waals surface area (Å²) in [6, 6.07) is 0.543. The summed E-state index contributed by atoms with van der Waals surface area (Å²) in [6.07, 6.45) is 6.05. The molecule has 1 heterocycles. The third-order valence-corrected chi connectivity index (χ3v) is 4.63. The van der Waals surface area contributed by atoms with E-state index in [9.17, 15) is 0 Å². The second-order valence-corrected chi connectivity index (χ2v) is 6.09. The van der Waals surface area contributed by atoms with Crippen LogP contribution in [0.4, 0.5) is 0 Å². The highest BCUT2D eigenvalue weighted by Crippen LogP contribution is 2.23. The van der Waals surface area contributed by atoms with Crippen molar-refractivity contribution in [1.82, 2.24) is 10.2 Å². The number of rotatable bonds is 11. The van der Waals surface area contributed by atoms with Gasteiger partial charge in [-0.2, -0.15) is 0 Å². The van der Waals surface area contributed by atoms with Gasteiger partial charge in [0.15, 0.2) is 5.96 Å². The molecule has 1 aliphatic heterocycles. The van der Waals surface area contributed by atoms with Crippen molar-refractivity contribution in [3.05, 3.63) is 0 Å². The van der Waals surface area contributed by atoms with Gasteiger partial charge in [0.05, 0.1) is 6.54 Å². The highest BCUT2D eigenvalue weighted by atomic mass is 16.5. The summed E-state index contributed by atoms with van der Waals surface area (Å²) in [5.74, 6) is 1.29. The zero-order valence-corrected chi connectivity index (χ0v) is 14.8. The van der Waals surface area contributed by atoms with E-state index < -0.39 is 0 Å². The van der Waals surface area contributed by atoms with Crippen molar-refractivity contribution < 1.29 is 4.74 Å². The fraction of sp³-hybridized carbons (Fsp3) is 0.941. The van der Waals surface area contributed by atoms with E-state index in [1.165, 1.54) is 38.8 Å². The number of likely N-dealkylation sites (tertiary alicyclic amines) is 1. The van der Waals surface area contributed by atoms with Gasteiger partial charge in [-0.15, -0.1) is 0 Å². The summed E-state index contributed by atoms with van der Waals surface area (Å²) in [5.41, 5.74) is 6.00. The lowest BCUT2D eigenvalue weighted by atomic mass is 9.93. The van der Waals surface area contributed by atoms with E-state index in [1.54, 1.807) is 0 Å². The molecule has 130 valence electrons. The van der Waals surface area contributed by atoms with Crippen LogP contribution in [0.2, 0.25) is 0 Å². The third kappa shape index (κ3) is 6.97. The second kappa shape index (κ2) is 11.7. The first-order valence-corrected chi connectivity index (χ1v) is 9.08. The largest absolute Gasteiger partial charge is 0.382 e. The molecule has 1 atom stereocenters. The molecule has 1 aliphatic rings. The van der Waals surface area contributed by atoms with Crippen molar-refractivity contribution in [2.45, 2.75) is 58.9 Å². The molecule has 1 saturated heterocycles. The van der Waals surface area contributed by atoms with Crippen LogP contribution in [0.3, 0.4) is 0 Å². The van der Waals surface area contributed by atoms with Crippen LogP contribution in [-0.4, -0.2) is 56.3 Å². The minimum Gasteiger partial charge on any atom is -0.382 e. The molecule has 5 heteroatoms. The highest BCUT2D eigenvalue weighted by molar-refractivity contribution is 5.77. The molecule has 0 spiro atoms. The summed E-state index contributed by atoms with van der Waals surface area (Å²) in [6.45, 7) is 12.2. The number of hydrogen-bond donors (Lipinski definition) is 2. The summed E-state index contributed by atoms with van der Waals surface area (Å²) >= 11 is 0. The van der Waals surface area contributed by atoms with Gasteiger partial charge < -0.3 is 15.8 Å². The van der Waals surface area contributed by atoms with E-state index in [0.29, 0.717) is 17.9 Å². The Morgan fingerprint density at radius 1 is 1.23 bits per heavy atom. The fourth-order valence-corrected chi connectivity index (χ4v) is 3.25. The molecule has 1 fully saturated rings. The number of nitrogens with two attached hydrogens (primary N) is 1. The number of guanidine groups is 1. The lowest BCUT2D eigenvalue weighted by Gasteiger charge is -2.32. The number of ether oxygens (including phenoxy) is 1. The molecule has 0 bridgehead atoms. The maximum atomic E-state index is 6.00. The maximum absolute atomic E-state index is 6.00. The first-order valence-electron chi connectivity index (χ1n) is 9.08. The molecule has 0 aromatic heterocycles. The summed E-state index contributed by atoms with van der Waals surface area (Å²) in [5, 5.41) is 3.19. The molecule has 22 heavy (non-hydrogen) atoms. The van der Waals surface area contributed by atoms with Crippen molar-refractivity contribution in [3.8, 4) is 0 Å². The highest BCUT2D eigenvalue weighted by Gasteiger charge is 2.27. The minimum absolute atomic E-state index is 0.543. The molecule has 0 radical (unpaired) electrons. The standard InChI is InChI=1S/C17H36N4O/c1-4-15(5-2)16(21-11-7-8-12-21)14-20-17(18)19-10-9-13-22-6-3/h15-16H,4-14H2,1-3H3,(H3,18,19,20). The molecule has 0 saturated carbocycles. The van der Waals surface area contributed by atoms with Gasteiger partial charge in [-0.25, -0.2) is 0 Å². The van der Waals surface area contributed by atoms with E-state index in [0.717, 1.165) is 32.7 Å². The first-order chi connectivity index (χ1) is 10.7. The molecular weight excluding hydrogens is 276 g/mol. The van der Waals surface area contributed by atoms with Gasteiger partial charge in [-0.05, 0) is 45.2 Å². The Hall–Kier alpha value is -0.810. The average Bonchev–Trinajstić information content (AvgIpc) is 3.05. The van der Waals surface area contributed by atoms with Crippen LogP contribution in [0.25, 0.3) is 0 Å². The van der Waals surface area contributed by atoms with Crippen LogP contribution in [-0.2, 0) is 4.74 Å². The molecule has 5 nitrogen and oxygen atoms in total. The zero-order chi connectivity index (χ0) is 16.2. The first kappa shape index (κ1) is 19.2. The fourth-order valence-electron chi connectivity index (χ4n) is 3.25. The summed E-state index contributed by atoms with van der Waals surface area (Å²) in [7, 11) is 0. The van der Waals surface area contributed by atoms with Gasteiger partial charge in [0.2, 0.25) is 0 Å². The van der Waals surface area contributed by atoms with Crippen molar-refractivity contribution in [2.75, 3.05) is 39.4 Å². The monoisotopic (exact) mass is 312 g/mol. The van der Waals surface area contributed by atoms with Crippen molar-refractivity contribution in [2.24, 2.45) is 16.6 Å². The Labute approximate surface area is 136 Å². The third-order valence-electron chi connectivity index (χ3n) is 4.63. The van der Waals surface area contributed by atoms with Crippen LogP contribution >= 0.6 is 0 Å². The van der Waals surface area contributed by atoms with E-state index in [2.05, 4.69) is 29.1 Å². The lowest BCUT2D eigenvalue weighted by molar-refractivity contribution is 0.145. The maximum Gasteiger partial charge on any atom is 0.188 e. The molecular formula is C17H36N4O. The van der Waals surface area contributed by atoms with Gasteiger partial charge in [-0.1, -0.05) is 26.7 Å². The van der Waals surface area contributed by atoms with Crippen molar-refractivity contribution >= 4 is 5.96 Å². The van der Waals surface area contributed by atoms with Crippen LogP contribution in [0.5, 0.6) is 0 Å². The van der Waals surface area contributed by atoms with Crippen LogP contribution in [0, 0.1) is 5.92 Å². The molecule has 0 amide bonds. The minimum atomic E-state index is 0.543. The quantitative estimate of drug-likeness (QED) is 0.349. The van der Waals surface area contributed by atoms with E-state index in [4.69, 9.17) is 10.5 Å². The summed E-state index contributed by atoms with van der Waals surface area (Å²) < 4.78 is 5.31. The normalized spacial score (nSPS) is 18.1. The molecule has 1 rings (SSSR count). The Bertz CT molecular complexity index is 297. The summed E-state index contributed by atoms with van der Waals surface area (Å²) in [4.78, 5) is 7.22. The predicted molar refractivity (Wildman–Crippen MR) is 94.3 cm³/mol. The smallest absolute Gasteiger partial charge is 0.188 e. The average molecular weight is 313 g/mol. The molecule has 1 unspecified atom stereocenters. The molecule has 0 aromatic carbocycles. The molecule has 0 aliphatic carbocycles. The van der Waals surface area contributed by atoms with Gasteiger partial charge in [0.1, 0.15) is 0 Å². The number of aliphatic imine (C=N–C) groups is 1. The topological polar surface area (TPSA) is 62.9 Å². The SMILES string of the molecule is CCOCCCNC(N)=NCC(C(CC)CC)N1CCCC1. The Balaban J connectivity index is 2.41. The number of nitrogens with zero attached hydrogens (tertiary/aromatic N) is 2.